The molecule has 1 aromatic heterocycles. The quantitative estimate of drug-likeness (QED) is 0.895. The van der Waals surface area contributed by atoms with Crippen molar-refractivity contribution in [1.29, 1.82) is 0 Å². The first-order valence-corrected chi connectivity index (χ1v) is 7.10. The van der Waals surface area contributed by atoms with Crippen molar-refractivity contribution in [3.05, 3.63) is 23.4 Å². The minimum Gasteiger partial charge on any atom is -0.383 e. The number of likely N-dealkylation sites (tertiary alicyclic amines) is 1. The summed E-state index contributed by atoms with van der Waals surface area (Å²) >= 11 is 5.74. The molecule has 0 aliphatic carbocycles. The van der Waals surface area contributed by atoms with Crippen LogP contribution in [0.5, 0.6) is 0 Å². The van der Waals surface area contributed by atoms with E-state index in [0.29, 0.717) is 24.0 Å². The number of amides is 2. The Morgan fingerprint density at radius 1 is 1.62 bits per heavy atom. The molecular formula is C14H18ClN3O3. The van der Waals surface area contributed by atoms with Gasteiger partial charge in [0, 0.05) is 26.3 Å². The Bertz CT molecular complexity index is 521. The first-order valence-electron chi connectivity index (χ1n) is 6.72. The molecule has 7 heteroatoms. The molecule has 1 saturated heterocycles. The summed E-state index contributed by atoms with van der Waals surface area (Å²) in [5.41, 5.74) is 0. The fourth-order valence-corrected chi connectivity index (χ4v) is 2.45. The number of methoxy groups -OCH3 is 1. The normalized spacial score (nSPS) is 19.7. The van der Waals surface area contributed by atoms with Crippen LogP contribution in [0.1, 0.15) is 13.3 Å². The van der Waals surface area contributed by atoms with Crippen LogP contribution in [0.3, 0.4) is 0 Å². The SMILES string of the molecule is COC[C@@H](C)N1C[C@@H](C(=O)Nc2ccc(Cl)cn2)CC1=O. The molecule has 2 atom stereocenters. The van der Waals surface area contributed by atoms with Gasteiger partial charge in [-0.15, -0.1) is 0 Å². The van der Waals surface area contributed by atoms with Crippen LogP contribution in [0, 0.1) is 5.92 Å². The molecule has 0 unspecified atom stereocenters. The molecule has 21 heavy (non-hydrogen) atoms. The molecule has 0 bridgehead atoms. The van der Waals surface area contributed by atoms with Gasteiger partial charge >= 0.3 is 0 Å². The fourth-order valence-electron chi connectivity index (χ4n) is 2.34. The van der Waals surface area contributed by atoms with Crippen molar-refractivity contribution in [3.8, 4) is 0 Å². The van der Waals surface area contributed by atoms with Crippen LogP contribution in [0.25, 0.3) is 0 Å². The largest absolute Gasteiger partial charge is 0.383 e. The Morgan fingerprint density at radius 3 is 3.00 bits per heavy atom. The van der Waals surface area contributed by atoms with E-state index >= 15 is 0 Å². The highest BCUT2D eigenvalue weighted by Crippen LogP contribution is 2.22. The van der Waals surface area contributed by atoms with Gasteiger partial charge in [-0.05, 0) is 19.1 Å². The topological polar surface area (TPSA) is 71.5 Å². The van der Waals surface area contributed by atoms with Gasteiger partial charge in [0.15, 0.2) is 0 Å². The van der Waals surface area contributed by atoms with E-state index in [2.05, 4.69) is 10.3 Å². The molecule has 2 rings (SSSR count). The molecule has 1 aliphatic rings. The monoisotopic (exact) mass is 311 g/mol. The van der Waals surface area contributed by atoms with Crippen LogP contribution in [0.15, 0.2) is 18.3 Å². The van der Waals surface area contributed by atoms with Crippen molar-refractivity contribution in [3.63, 3.8) is 0 Å². The van der Waals surface area contributed by atoms with E-state index < -0.39 is 0 Å². The van der Waals surface area contributed by atoms with Crippen molar-refractivity contribution in [2.75, 3.05) is 25.6 Å². The summed E-state index contributed by atoms with van der Waals surface area (Å²) in [5.74, 6) is -0.163. The average Bonchev–Trinajstić information content (AvgIpc) is 2.84. The maximum atomic E-state index is 12.2. The van der Waals surface area contributed by atoms with Gasteiger partial charge < -0.3 is 15.0 Å². The highest BCUT2D eigenvalue weighted by Gasteiger charge is 2.36. The van der Waals surface area contributed by atoms with Gasteiger partial charge in [0.1, 0.15) is 5.82 Å². The van der Waals surface area contributed by atoms with Crippen molar-refractivity contribution < 1.29 is 14.3 Å². The first kappa shape index (κ1) is 15.7. The third kappa shape index (κ3) is 3.92. The van der Waals surface area contributed by atoms with E-state index in [1.807, 2.05) is 6.92 Å². The standard InChI is InChI=1S/C14H18ClN3O3/c1-9(8-21-2)18-7-10(5-13(18)19)14(20)17-12-4-3-11(15)6-16-12/h3-4,6,9-10H,5,7-8H2,1-2H3,(H,16,17,20)/t9-,10+/m1/s1. The van der Waals surface area contributed by atoms with Crippen LogP contribution in [0.2, 0.25) is 5.02 Å². The van der Waals surface area contributed by atoms with Gasteiger partial charge in [0.2, 0.25) is 11.8 Å². The number of carbonyl (C=O) groups excluding carboxylic acids is 2. The molecule has 6 nitrogen and oxygen atoms in total. The molecule has 1 fully saturated rings. The zero-order valence-corrected chi connectivity index (χ0v) is 12.8. The predicted molar refractivity (Wildman–Crippen MR) is 79.0 cm³/mol. The summed E-state index contributed by atoms with van der Waals surface area (Å²) < 4.78 is 5.05. The van der Waals surface area contributed by atoms with Gasteiger partial charge in [-0.1, -0.05) is 11.6 Å². The molecule has 0 saturated carbocycles. The number of carbonyl (C=O) groups is 2. The van der Waals surface area contributed by atoms with Gasteiger partial charge in [-0.2, -0.15) is 0 Å². The number of ether oxygens (including phenoxy) is 1. The van der Waals surface area contributed by atoms with Crippen molar-refractivity contribution in [2.24, 2.45) is 5.92 Å². The number of hydrogen-bond donors (Lipinski definition) is 1. The maximum absolute atomic E-state index is 12.2. The van der Waals surface area contributed by atoms with Crippen LogP contribution in [-0.2, 0) is 14.3 Å². The Morgan fingerprint density at radius 2 is 2.38 bits per heavy atom. The summed E-state index contributed by atoms with van der Waals surface area (Å²) in [5, 5.41) is 3.21. The second-order valence-corrected chi connectivity index (χ2v) is 5.54. The maximum Gasteiger partial charge on any atom is 0.230 e. The summed E-state index contributed by atoms with van der Waals surface area (Å²) in [6, 6.07) is 3.24. The van der Waals surface area contributed by atoms with Gasteiger partial charge in [0.05, 0.1) is 23.6 Å². The smallest absolute Gasteiger partial charge is 0.230 e. The minimum atomic E-state index is -0.366. The zero-order chi connectivity index (χ0) is 15.4. The van der Waals surface area contributed by atoms with Crippen molar-refractivity contribution in [1.82, 2.24) is 9.88 Å². The molecule has 1 aromatic rings. The van der Waals surface area contributed by atoms with Crippen LogP contribution in [0.4, 0.5) is 5.82 Å². The highest BCUT2D eigenvalue weighted by atomic mass is 35.5. The van der Waals surface area contributed by atoms with Crippen LogP contribution < -0.4 is 5.32 Å². The van der Waals surface area contributed by atoms with Crippen molar-refractivity contribution in [2.45, 2.75) is 19.4 Å². The van der Waals surface area contributed by atoms with Gasteiger partial charge in [-0.25, -0.2) is 4.98 Å². The number of nitrogens with one attached hydrogen (secondary N) is 1. The Labute approximate surface area is 128 Å². The van der Waals surface area contributed by atoms with E-state index in [1.165, 1.54) is 6.20 Å². The molecule has 114 valence electrons. The summed E-state index contributed by atoms with van der Waals surface area (Å²) in [6.45, 7) is 2.77. The average molecular weight is 312 g/mol. The summed E-state index contributed by atoms with van der Waals surface area (Å²) in [4.78, 5) is 29.8. The third-order valence-electron chi connectivity index (χ3n) is 3.45. The van der Waals surface area contributed by atoms with Gasteiger partial charge in [0.25, 0.3) is 0 Å². The highest BCUT2D eigenvalue weighted by molar-refractivity contribution is 6.30. The lowest BCUT2D eigenvalue weighted by molar-refractivity contribution is -0.130. The van der Waals surface area contributed by atoms with Crippen LogP contribution in [-0.4, -0.2) is 48.0 Å². The first-order chi connectivity index (χ1) is 10.0. The zero-order valence-electron chi connectivity index (χ0n) is 12.0. The number of rotatable bonds is 5. The molecule has 2 amide bonds. The van der Waals surface area contributed by atoms with Crippen LogP contribution >= 0.6 is 11.6 Å². The third-order valence-corrected chi connectivity index (χ3v) is 3.67. The Balaban J connectivity index is 1.95. The Hall–Kier alpha value is -1.66. The number of aromatic nitrogens is 1. The molecule has 0 aromatic carbocycles. The molecular weight excluding hydrogens is 294 g/mol. The Kier molecular flexibility index (Phi) is 5.14. The molecule has 0 spiro atoms. The second-order valence-electron chi connectivity index (χ2n) is 5.10. The van der Waals surface area contributed by atoms with E-state index in [1.54, 1.807) is 24.1 Å². The molecule has 2 heterocycles. The summed E-state index contributed by atoms with van der Waals surface area (Å²) in [7, 11) is 1.59. The predicted octanol–water partition coefficient (Wildman–Crippen LogP) is 1.56. The number of halogens is 1. The minimum absolute atomic E-state index is 0.0243. The molecule has 1 N–H and O–H groups in total. The van der Waals surface area contributed by atoms with E-state index in [4.69, 9.17) is 16.3 Å². The fraction of sp³-hybridized carbons (Fsp3) is 0.500. The number of pyridine rings is 1. The second kappa shape index (κ2) is 6.87. The van der Waals surface area contributed by atoms with E-state index in [-0.39, 0.29) is 30.2 Å². The lowest BCUT2D eigenvalue weighted by atomic mass is 10.1. The number of hydrogen-bond acceptors (Lipinski definition) is 4. The summed E-state index contributed by atoms with van der Waals surface area (Å²) in [6.07, 6.45) is 1.68. The number of anilines is 1. The van der Waals surface area contributed by atoms with E-state index in [0.717, 1.165) is 0 Å². The lowest BCUT2D eigenvalue weighted by Crippen LogP contribution is -2.38. The lowest BCUT2D eigenvalue weighted by Gasteiger charge is -2.23. The van der Waals surface area contributed by atoms with Gasteiger partial charge in [-0.3, -0.25) is 9.59 Å². The van der Waals surface area contributed by atoms with E-state index in [9.17, 15) is 9.59 Å². The number of nitrogens with zero attached hydrogens (tertiary/aromatic N) is 2. The molecule has 0 radical (unpaired) electrons. The van der Waals surface area contributed by atoms with Crippen molar-refractivity contribution >= 4 is 29.2 Å². The molecule has 1 aliphatic heterocycles.